The standard InChI is InChI=1S/C24H34F2O3/c1-5-7-8-18-9-12-20(13-10-18)22-14-11-19(16-29-22)15-28-21(6-2)24(26)23(25)17(3)27-4/h9-10,12-13,19,22H,5-8,11,14-16H2,1-4H3/b23-17-,24-21-. The summed E-state index contributed by atoms with van der Waals surface area (Å²) >= 11 is 0. The molecule has 2 atom stereocenters. The van der Waals surface area contributed by atoms with Crippen LogP contribution in [0.15, 0.2) is 47.4 Å². The maximum absolute atomic E-state index is 14.3. The number of aryl methyl sites for hydroxylation is 1. The highest BCUT2D eigenvalue weighted by atomic mass is 19.2. The molecule has 1 saturated heterocycles. The fourth-order valence-corrected chi connectivity index (χ4v) is 3.39. The van der Waals surface area contributed by atoms with Crippen LogP contribution in [0.2, 0.25) is 0 Å². The van der Waals surface area contributed by atoms with Crippen LogP contribution in [0.4, 0.5) is 8.78 Å². The van der Waals surface area contributed by atoms with Crippen LogP contribution in [-0.4, -0.2) is 20.3 Å². The number of allylic oxidation sites excluding steroid dienone is 4. The first-order valence-electron chi connectivity index (χ1n) is 10.6. The van der Waals surface area contributed by atoms with Gasteiger partial charge in [0.15, 0.2) is 11.7 Å². The highest BCUT2D eigenvalue weighted by molar-refractivity contribution is 5.25. The molecule has 0 aliphatic carbocycles. The summed E-state index contributed by atoms with van der Waals surface area (Å²) in [5.41, 5.74) is 2.57. The van der Waals surface area contributed by atoms with Gasteiger partial charge in [0.25, 0.3) is 0 Å². The van der Waals surface area contributed by atoms with Gasteiger partial charge in [-0.25, -0.2) is 0 Å². The van der Waals surface area contributed by atoms with Gasteiger partial charge in [-0.15, -0.1) is 0 Å². The number of rotatable bonds is 10. The lowest BCUT2D eigenvalue weighted by Gasteiger charge is -2.29. The zero-order valence-electron chi connectivity index (χ0n) is 18.1. The van der Waals surface area contributed by atoms with Gasteiger partial charge >= 0.3 is 0 Å². The molecule has 2 unspecified atom stereocenters. The van der Waals surface area contributed by atoms with Crippen LogP contribution in [0, 0.1) is 5.92 Å². The maximum Gasteiger partial charge on any atom is 0.199 e. The smallest absolute Gasteiger partial charge is 0.199 e. The average Bonchev–Trinajstić information content (AvgIpc) is 2.77. The molecule has 2 rings (SSSR count). The maximum atomic E-state index is 14.3. The Balaban J connectivity index is 1.86. The Morgan fingerprint density at radius 2 is 1.83 bits per heavy atom. The minimum Gasteiger partial charge on any atom is -0.498 e. The van der Waals surface area contributed by atoms with Crippen molar-refractivity contribution < 1.29 is 23.0 Å². The molecule has 1 heterocycles. The van der Waals surface area contributed by atoms with Gasteiger partial charge in [0.1, 0.15) is 11.5 Å². The fourth-order valence-electron chi connectivity index (χ4n) is 3.39. The topological polar surface area (TPSA) is 27.7 Å². The van der Waals surface area contributed by atoms with Crippen molar-refractivity contribution in [3.63, 3.8) is 0 Å². The third kappa shape index (κ3) is 6.84. The third-order valence-corrected chi connectivity index (χ3v) is 5.41. The quantitative estimate of drug-likeness (QED) is 0.310. The van der Waals surface area contributed by atoms with Crippen molar-refractivity contribution in [2.24, 2.45) is 5.92 Å². The molecule has 1 aliphatic rings. The predicted molar refractivity (Wildman–Crippen MR) is 112 cm³/mol. The molecule has 1 fully saturated rings. The van der Waals surface area contributed by atoms with Crippen LogP contribution in [-0.2, 0) is 20.6 Å². The lowest BCUT2D eigenvalue weighted by Crippen LogP contribution is -2.24. The second-order valence-corrected chi connectivity index (χ2v) is 7.59. The SMILES string of the molecule is CCCCc1ccc(C2CCC(CO/C(CC)=C(F)/C(F)=C(\C)OC)CO2)cc1. The molecule has 0 radical (unpaired) electrons. The van der Waals surface area contributed by atoms with Gasteiger partial charge in [-0.05, 0) is 43.7 Å². The van der Waals surface area contributed by atoms with Gasteiger partial charge in [-0.1, -0.05) is 44.5 Å². The first kappa shape index (κ1) is 23.4. The Morgan fingerprint density at radius 3 is 2.38 bits per heavy atom. The molecule has 0 saturated carbocycles. The van der Waals surface area contributed by atoms with Crippen molar-refractivity contribution in [1.29, 1.82) is 0 Å². The molecular weight excluding hydrogens is 374 g/mol. The molecule has 1 aliphatic heterocycles. The zero-order valence-corrected chi connectivity index (χ0v) is 18.1. The van der Waals surface area contributed by atoms with E-state index in [4.69, 9.17) is 14.2 Å². The summed E-state index contributed by atoms with van der Waals surface area (Å²) < 4.78 is 44.6. The second-order valence-electron chi connectivity index (χ2n) is 7.59. The lowest BCUT2D eigenvalue weighted by atomic mass is 9.94. The van der Waals surface area contributed by atoms with Gasteiger partial charge in [0.05, 0.1) is 26.4 Å². The average molecular weight is 409 g/mol. The predicted octanol–water partition coefficient (Wildman–Crippen LogP) is 6.95. The first-order valence-corrected chi connectivity index (χ1v) is 10.6. The first-order chi connectivity index (χ1) is 14.0. The number of hydrogen-bond donors (Lipinski definition) is 0. The molecule has 0 spiro atoms. The molecule has 3 nitrogen and oxygen atoms in total. The van der Waals surface area contributed by atoms with Crippen LogP contribution in [0.3, 0.4) is 0 Å². The molecule has 1 aromatic rings. The third-order valence-electron chi connectivity index (χ3n) is 5.41. The normalized spacial score (nSPS) is 21.3. The van der Waals surface area contributed by atoms with Gasteiger partial charge in [-0.2, -0.15) is 8.78 Å². The molecule has 0 N–H and O–H groups in total. The van der Waals surface area contributed by atoms with E-state index in [0.29, 0.717) is 13.2 Å². The number of halogens is 2. The van der Waals surface area contributed by atoms with Gasteiger partial charge < -0.3 is 14.2 Å². The largest absolute Gasteiger partial charge is 0.498 e. The monoisotopic (exact) mass is 408 g/mol. The Morgan fingerprint density at radius 1 is 1.10 bits per heavy atom. The van der Waals surface area contributed by atoms with Crippen molar-refractivity contribution in [3.8, 4) is 0 Å². The molecule has 5 heteroatoms. The minimum atomic E-state index is -1.01. The summed E-state index contributed by atoms with van der Waals surface area (Å²) in [6, 6.07) is 8.70. The van der Waals surface area contributed by atoms with Crippen LogP contribution in [0.25, 0.3) is 0 Å². The van der Waals surface area contributed by atoms with Gasteiger partial charge in [0.2, 0.25) is 0 Å². The van der Waals surface area contributed by atoms with Crippen LogP contribution < -0.4 is 0 Å². The number of methoxy groups -OCH3 is 1. The Kier molecular flexibility index (Phi) is 9.65. The Labute approximate surface area is 173 Å². The molecule has 0 amide bonds. The van der Waals surface area contributed by atoms with Crippen molar-refractivity contribution in [3.05, 3.63) is 58.6 Å². The van der Waals surface area contributed by atoms with E-state index < -0.39 is 11.7 Å². The fraction of sp³-hybridized carbons (Fsp3) is 0.583. The summed E-state index contributed by atoms with van der Waals surface area (Å²) in [6.07, 6.45) is 5.71. The Bertz CT molecular complexity index is 687. The van der Waals surface area contributed by atoms with E-state index in [1.807, 2.05) is 0 Å². The van der Waals surface area contributed by atoms with E-state index in [1.54, 1.807) is 6.92 Å². The molecule has 29 heavy (non-hydrogen) atoms. The number of benzene rings is 1. The van der Waals surface area contributed by atoms with Crippen molar-refractivity contribution >= 4 is 0 Å². The number of ether oxygens (including phenoxy) is 3. The highest BCUT2D eigenvalue weighted by Crippen LogP contribution is 2.32. The molecular formula is C24H34F2O3. The number of unbranched alkanes of at least 4 members (excludes halogenated alkanes) is 1. The van der Waals surface area contributed by atoms with E-state index in [-0.39, 0.29) is 30.0 Å². The second kappa shape index (κ2) is 12.0. The molecule has 162 valence electrons. The number of hydrogen-bond acceptors (Lipinski definition) is 3. The molecule has 0 aromatic heterocycles. The van der Waals surface area contributed by atoms with Gasteiger partial charge in [-0.3, -0.25) is 0 Å². The van der Waals surface area contributed by atoms with Crippen LogP contribution in [0.5, 0.6) is 0 Å². The van der Waals surface area contributed by atoms with Crippen molar-refractivity contribution in [2.75, 3.05) is 20.3 Å². The summed E-state index contributed by atoms with van der Waals surface area (Å²) in [4.78, 5) is 0. The highest BCUT2D eigenvalue weighted by Gasteiger charge is 2.24. The summed E-state index contributed by atoms with van der Waals surface area (Å²) in [5.74, 6) is -1.90. The van der Waals surface area contributed by atoms with Crippen LogP contribution in [0.1, 0.15) is 70.1 Å². The Hall–Kier alpha value is -1.88. The summed E-state index contributed by atoms with van der Waals surface area (Å²) in [6.45, 7) is 6.19. The zero-order chi connectivity index (χ0) is 21.2. The van der Waals surface area contributed by atoms with Crippen molar-refractivity contribution in [2.45, 2.75) is 65.4 Å². The summed E-state index contributed by atoms with van der Waals surface area (Å²) in [5, 5.41) is 0. The van der Waals surface area contributed by atoms with Crippen LogP contribution >= 0.6 is 0 Å². The molecule has 1 aromatic carbocycles. The van der Waals surface area contributed by atoms with E-state index >= 15 is 0 Å². The van der Waals surface area contributed by atoms with Gasteiger partial charge in [0, 0.05) is 12.3 Å². The van der Waals surface area contributed by atoms with E-state index in [2.05, 4.69) is 31.2 Å². The minimum absolute atomic E-state index is 0.0173. The van der Waals surface area contributed by atoms with Crippen molar-refractivity contribution in [1.82, 2.24) is 0 Å². The van der Waals surface area contributed by atoms with E-state index in [9.17, 15) is 8.78 Å². The summed E-state index contributed by atoms with van der Waals surface area (Å²) in [7, 11) is 1.31. The molecule has 0 bridgehead atoms. The van der Waals surface area contributed by atoms with E-state index in [0.717, 1.165) is 19.3 Å². The van der Waals surface area contributed by atoms with E-state index in [1.165, 1.54) is 38.0 Å². The lowest BCUT2D eigenvalue weighted by molar-refractivity contribution is -0.0365.